The van der Waals surface area contributed by atoms with Gasteiger partial charge >= 0.3 is 0 Å². The number of aromatic nitrogens is 1. The van der Waals surface area contributed by atoms with Crippen molar-refractivity contribution in [2.24, 2.45) is 5.41 Å². The molecule has 0 atom stereocenters. The van der Waals surface area contributed by atoms with Crippen LogP contribution in [-0.4, -0.2) is 42.7 Å². The van der Waals surface area contributed by atoms with Crippen LogP contribution in [0.3, 0.4) is 0 Å². The number of hydrogen-bond acceptors (Lipinski definition) is 6. The average molecular weight is 503 g/mol. The van der Waals surface area contributed by atoms with Gasteiger partial charge in [-0.15, -0.1) is 0 Å². The Bertz CT molecular complexity index is 1290. The van der Waals surface area contributed by atoms with Gasteiger partial charge in [0, 0.05) is 18.1 Å². The van der Waals surface area contributed by atoms with Crippen molar-refractivity contribution in [1.29, 1.82) is 0 Å². The van der Waals surface area contributed by atoms with Gasteiger partial charge in [0.1, 0.15) is 9.84 Å². The molecule has 1 saturated heterocycles. The summed E-state index contributed by atoms with van der Waals surface area (Å²) >= 11 is 0. The number of sulfone groups is 1. The van der Waals surface area contributed by atoms with Gasteiger partial charge in [-0.05, 0) is 69.7 Å². The second-order valence-electron chi connectivity index (χ2n) is 10.7. The van der Waals surface area contributed by atoms with Crippen molar-refractivity contribution in [3.8, 4) is 5.88 Å². The molecule has 188 valence electrons. The molecule has 4 rings (SSSR count). The third kappa shape index (κ3) is 4.83. The molecule has 0 N–H and O–H groups in total. The van der Waals surface area contributed by atoms with Gasteiger partial charge in [0.25, 0.3) is 0 Å². The molecule has 1 amide bonds. The molecule has 0 spiro atoms. The Kier molecular flexibility index (Phi) is 6.28. The number of ether oxygens (including phenoxy) is 1. The zero-order chi connectivity index (χ0) is 25.8. The van der Waals surface area contributed by atoms with Gasteiger partial charge in [0.2, 0.25) is 11.8 Å². The van der Waals surface area contributed by atoms with Crippen LogP contribution in [0.2, 0.25) is 0 Å². The van der Waals surface area contributed by atoms with Crippen LogP contribution < -0.4 is 9.64 Å². The van der Waals surface area contributed by atoms with Gasteiger partial charge in [-0.2, -0.15) is 0 Å². The molecule has 0 aliphatic carbocycles. The van der Waals surface area contributed by atoms with Crippen LogP contribution in [-0.2, 0) is 20.0 Å². The van der Waals surface area contributed by atoms with Crippen LogP contribution in [0.1, 0.15) is 69.8 Å². The fourth-order valence-electron chi connectivity index (χ4n) is 4.73. The van der Waals surface area contributed by atoms with E-state index >= 15 is 0 Å². The Hall–Kier alpha value is -2.81. The number of amides is 1. The fourth-order valence-corrected chi connectivity index (χ4v) is 6.54. The lowest BCUT2D eigenvalue weighted by atomic mass is 9.78. The molecular formula is C26H31FN2O5S. The molecule has 1 aromatic heterocycles. The van der Waals surface area contributed by atoms with Crippen LogP contribution in [0.4, 0.5) is 15.8 Å². The van der Waals surface area contributed by atoms with Crippen molar-refractivity contribution in [1.82, 2.24) is 4.98 Å². The number of carbonyl (C=O) groups excluding carboxylic acids is 2. The number of anilines is 2. The summed E-state index contributed by atoms with van der Waals surface area (Å²) in [4.78, 5) is 31.9. The Balaban J connectivity index is 1.66. The van der Waals surface area contributed by atoms with Gasteiger partial charge in [-0.3, -0.25) is 14.5 Å². The third-order valence-electron chi connectivity index (χ3n) is 7.00. The van der Waals surface area contributed by atoms with Gasteiger partial charge in [0.05, 0.1) is 40.6 Å². The third-order valence-corrected chi connectivity index (χ3v) is 8.65. The number of halogens is 1. The normalized spacial score (nSPS) is 20.1. The molecule has 0 unspecified atom stereocenters. The number of ketones is 1. The number of fused-ring (bicyclic) bond motifs is 1. The van der Waals surface area contributed by atoms with E-state index < -0.39 is 21.1 Å². The Labute approximate surface area is 205 Å². The highest BCUT2D eigenvalue weighted by Crippen LogP contribution is 2.47. The van der Waals surface area contributed by atoms with Gasteiger partial charge in [-0.25, -0.2) is 17.8 Å². The van der Waals surface area contributed by atoms with E-state index in [9.17, 15) is 22.4 Å². The number of hydrogen-bond donors (Lipinski definition) is 0. The van der Waals surface area contributed by atoms with E-state index in [2.05, 4.69) is 4.98 Å². The first-order valence-corrected chi connectivity index (χ1v) is 13.6. The molecule has 2 aliphatic heterocycles. The van der Waals surface area contributed by atoms with E-state index in [1.54, 1.807) is 32.0 Å². The predicted octanol–water partition coefficient (Wildman–Crippen LogP) is 4.75. The number of rotatable bonds is 6. The van der Waals surface area contributed by atoms with E-state index in [-0.39, 0.29) is 52.7 Å². The molecule has 2 aromatic rings. The van der Waals surface area contributed by atoms with Crippen molar-refractivity contribution < 1.29 is 27.1 Å². The highest BCUT2D eigenvalue weighted by atomic mass is 32.2. The van der Waals surface area contributed by atoms with Crippen molar-refractivity contribution in [3.05, 3.63) is 47.4 Å². The first-order chi connectivity index (χ1) is 16.2. The monoisotopic (exact) mass is 502 g/mol. The molecule has 0 saturated carbocycles. The number of carbonyl (C=O) groups is 2. The van der Waals surface area contributed by atoms with Crippen molar-refractivity contribution in [3.63, 3.8) is 0 Å². The van der Waals surface area contributed by atoms with Crippen molar-refractivity contribution >= 4 is 32.9 Å². The Morgan fingerprint density at radius 3 is 2.43 bits per heavy atom. The van der Waals surface area contributed by atoms with Crippen molar-refractivity contribution in [2.45, 2.75) is 65.4 Å². The fraction of sp³-hybridized carbons (Fsp3) is 0.500. The maximum absolute atomic E-state index is 14.8. The van der Waals surface area contributed by atoms with Crippen LogP contribution >= 0.6 is 0 Å². The second kappa shape index (κ2) is 8.69. The number of Topliss-reactive ketones (excluding diaryl/α,β-unsaturated/α-hetero) is 1. The summed E-state index contributed by atoms with van der Waals surface area (Å²) in [6.45, 7) is 9.11. The quantitative estimate of drug-likeness (QED) is 0.529. The zero-order valence-electron chi connectivity index (χ0n) is 20.7. The number of nitrogens with zero attached hydrogens (tertiary/aromatic N) is 2. The molecule has 35 heavy (non-hydrogen) atoms. The average Bonchev–Trinajstić information content (AvgIpc) is 2.97. The minimum absolute atomic E-state index is 0.0440. The summed E-state index contributed by atoms with van der Waals surface area (Å²) < 4.78 is 44.0. The number of pyridine rings is 1. The lowest BCUT2D eigenvalue weighted by molar-refractivity contribution is -0.121. The van der Waals surface area contributed by atoms with Gasteiger partial charge < -0.3 is 4.74 Å². The minimum atomic E-state index is -3.03. The molecule has 1 aromatic carbocycles. The number of benzene rings is 1. The summed E-state index contributed by atoms with van der Waals surface area (Å²) in [5, 5.41) is 0. The highest BCUT2D eigenvalue weighted by Gasteiger charge is 2.46. The van der Waals surface area contributed by atoms with E-state index in [0.717, 1.165) is 6.20 Å². The van der Waals surface area contributed by atoms with Crippen molar-refractivity contribution in [2.75, 3.05) is 16.4 Å². The summed E-state index contributed by atoms with van der Waals surface area (Å²) in [5.41, 5.74) is 0.275. The highest BCUT2D eigenvalue weighted by molar-refractivity contribution is 7.91. The largest absolute Gasteiger partial charge is 0.475 e. The minimum Gasteiger partial charge on any atom is -0.475 e. The van der Waals surface area contributed by atoms with E-state index in [4.69, 9.17) is 4.74 Å². The summed E-state index contributed by atoms with van der Waals surface area (Å²) in [7, 11) is -3.03. The molecule has 1 fully saturated rings. The molecule has 7 nitrogen and oxygen atoms in total. The first-order valence-electron chi connectivity index (χ1n) is 11.8. The molecule has 9 heteroatoms. The maximum atomic E-state index is 14.8. The molecule has 3 heterocycles. The summed E-state index contributed by atoms with van der Waals surface area (Å²) in [5.74, 6) is -0.667. The van der Waals surface area contributed by atoms with Crippen LogP contribution in [0.5, 0.6) is 5.88 Å². The van der Waals surface area contributed by atoms with Crippen LogP contribution in [0.25, 0.3) is 0 Å². The SMILES string of the molecule is CC(C)Oc1cc(N2C(=O)C(C)(C)c3cc(C(=O)CC4(C)CCS(=O)(=O)CC4)ccc32)c(F)cn1. The lowest BCUT2D eigenvalue weighted by Gasteiger charge is -2.32. The Morgan fingerprint density at radius 1 is 1.14 bits per heavy atom. The molecule has 2 aliphatic rings. The second-order valence-corrected chi connectivity index (χ2v) is 13.0. The van der Waals surface area contributed by atoms with Crippen LogP contribution in [0.15, 0.2) is 30.5 Å². The maximum Gasteiger partial charge on any atom is 0.241 e. The van der Waals surface area contributed by atoms with Gasteiger partial charge in [-0.1, -0.05) is 6.92 Å². The zero-order valence-corrected chi connectivity index (χ0v) is 21.5. The van der Waals surface area contributed by atoms with Gasteiger partial charge in [0.15, 0.2) is 11.6 Å². The predicted molar refractivity (Wildman–Crippen MR) is 132 cm³/mol. The molecule has 0 bridgehead atoms. The molecule has 0 radical (unpaired) electrons. The van der Waals surface area contributed by atoms with E-state index in [1.807, 2.05) is 20.8 Å². The smallest absolute Gasteiger partial charge is 0.241 e. The summed E-state index contributed by atoms with van der Waals surface area (Å²) in [6.07, 6.45) is 2.00. The standard InChI is InChI=1S/C26H31FN2O5S/c1-16(2)34-23-13-21(19(27)15-28-23)29-20-7-6-17(12-18(20)25(3,4)24(29)31)22(30)14-26(5)8-10-35(32,33)11-9-26/h6-7,12-13,15-16H,8-11,14H2,1-5H3. The van der Waals surface area contributed by atoms with E-state index in [1.165, 1.54) is 11.0 Å². The first kappa shape index (κ1) is 25.3. The Morgan fingerprint density at radius 2 is 1.80 bits per heavy atom. The summed E-state index contributed by atoms with van der Waals surface area (Å²) in [6, 6.07) is 6.45. The topological polar surface area (TPSA) is 93.6 Å². The van der Waals surface area contributed by atoms with Crippen LogP contribution in [0, 0.1) is 11.2 Å². The lowest BCUT2D eigenvalue weighted by Crippen LogP contribution is -2.33. The van der Waals surface area contributed by atoms with E-state index in [0.29, 0.717) is 29.7 Å². The molecular weight excluding hydrogens is 471 g/mol.